The molecule has 39 heavy (non-hydrogen) atoms. The van der Waals surface area contributed by atoms with Crippen molar-refractivity contribution in [2.75, 3.05) is 12.4 Å². The number of imide groups is 1. The third-order valence-electron chi connectivity index (χ3n) is 5.37. The molecule has 0 atom stereocenters. The van der Waals surface area contributed by atoms with Crippen molar-refractivity contribution in [2.24, 2.45) is 0 Å². The zero-order chi connectivity index (χ0) is 28.3. The molecule has 3 aromatic rings. The van der Waals surface area contributed by atoms with E-state index < -0.39 is 21.3 Å². The lowest BCUT2D eigenvalue weighted by Crippen LogP contribution is -2.27. The van der Waals surface area contributed by atoms with Gasteiger partial charge in [-0.2, -0.15) is 8.42 Å². The van der Waals surface area contributed by atoms with Crippen LogP contribution < -0.4 is 14.2 Å². The number of carbonyl (C=O) groups excluding carboxylic acids is 3. The molecule has 1 fully saturated rings. The van der Waals surface area contributed by atoms with Gasteiger partial charge in [0.1, 0.15) is 4.90 Å². The first-order valence-electron chi connectivity index (χ1n) is 11.2. The molecule has 0 radical (unpaired) electrons. The molecule has 0 aromatic heterocycles. The van der Waals surface area contributed by atoms with Gasteiger partial charge in [0, 0.05) is 22.7 Å². The van der Waals surface area contributed by atoms with Crippen LogP contribution in [0.5, 0.6) is 11.5 Å². The number of rotatable bonds is 8. The summed E-state index contributed by atoms with van der Waals surface area (Å²) in [5.41, 5.74) is 1.38. The standard InChI is InChI=1S/C26H20Cl2N2O7S2/c1-15(31)29-19-6-8-20(9-7-19)39(34,35)37-23-11-16(3-10-22(23)36-2)12-24-25(32)30(26(33)38-24)14-17-4-5-18(27)13-21(17)28/h3-13H,14H2,1-2H3,(H,29,31)/b24-12-. The number of nitrogens with one attached hydrogen (secondary N) is 1. The van der Waals surface area contributed by atoms with E-state index in [0.29, 0.717) is 26.9 Å². The molecule has 1 aliphatic heterocycles. The van der Waals surface area contributed by atoms with Gasteiger partial charge in [0.05, 0.1) is 18.6 Å². The Labute approximate surface area is 238 Å². The summed E-state index contributed by atoms with van der Waals surface area (Å²) < 4.78 is 36.4. The topological polar surface area (TPSA) is 119 Å². The van der Waals surface area contributed by atoms with E-state index in [-0.39, 0.29) is 33.8 Å². The molecule has 202 valence electrons. The van der Waals surface area contributed by atoms with Crippen LogP contribution in [-0.4, -0.2) is 37.5 Å². The fourth-order valence-electron chi connectivity index (χ4n) is 3.53. The van der Waals surface area contributed by atoms with Crippen LogP contribution in [0.15, 0.2) is 70.5 Å². The van der Waals surface area contributed by atoms with Crippen LogP contribution >= 0.6 is 35.0 Å². The Kier molecular flexibility index (Phi) is 8.55. The van der Waals surface area contributed by atoms with Crippen LogP contribution in [0.25, 0.3) is 6.08 Å². The Bertz CT molecular complexity index is 1610. The third-order valence-corrected chi connectivity index (χ3v) is 8.11. The molecule has 9 nitrogen and oxygen atoms in total. The van der Waals surface area contributed by atoms with E-state index in [1.165, 1.54) is 62.6 Å². The van der Waals surface area contributed by atoms with Gasteiger partial charge in [-0.25, -0.2) is 0 Å². The average molecular weight is 607 g/mol. The Balaban J connectivity index is 1.57. The molecule has 1 heterocycles. The van der Waals surface area contributed by atoms with E-state index in [9.17, 15) is 22.8 Å². The minimum Gasteiger partial charge on any atom is -0.493 e. The quantitative estimate of drug-likeness (QED) is 0.246. The van der Waals surface area contributed by atoms with Crippen LogP contribution in [0, 0.1) is 0 Å². The average Bonchev–Trinajstić information content (AvgIpc) is 3.12. The van der Waals surface area contributed by atoms with E-state index in [0.717, 1.165) is 16.7 Å². The minimum absolute atomic E-state index is 0.0338. The van der Waals surface area contributed by atoms with Gasteiger partial charge < -0.3 is 14.2 Å². The lowest BCUT2D eigenvalue weighted by Gasteiger charge is -2.14. The number of hydrogen-bond acceptors (Lipinski definition) is 8. The van der Waals surface area contributed by atoms with Gasteiger partial charge in [0.2, 0.25) is 5.91 Å². The highest BCUT2D eigenvalue weighted by atomic mass is 35.5. The Morgan fingerprint density at radius 1 is 1.03 bits per heavy atom. The fourth-order valence-corrected chi connectivity index (χ4v) is 5.77. The summed E-state index contributed by atoms with van der Waals surface area (Å²) in [7, 11) is -2.92. The fraction of sp³-hybridized carbons (Fsp3) is 0.115. The summed E-state index contributed by atoms with van der Waals surface area (Å²) in [5.74, 6) is -0.809. The van der Waals surface area contributed by atoms with Crippen LogP contribution in [0.4, 0.5) is 10.5 Å². The zero-order valence-electron chi connectivity index (χ0n) is 20.4. The van der Waals surface area contributed by atoms with Gasteiger partial charge in [-0.05, 0) is 77.5 Å². The predicted octanol–water partition coefficient (Wildman–Crippen LogP) is 5.96. The molecule has 3 aromatic carbocycles. The van der Waals surface area contributed by atoms with Gasteiger partial charge in [-0.15, -0.1) is 0 Å². The van der Waals surface area contributed by atoms with Gasteiger partial charge in [0.25, 0.3) is 11.1 Å². The maximum Gasteiger partial charge on any atom is 0.339 e. The molecule has 0 aliphatic carbocycles. The SMILES string of the molecule is COc1ccc(/C=C2\SC(=O)N(Cc3ccc(Cl)cc3Cl)C2=O)cc1OS(=O)(=O)c1ccc(NC(C)=O)cc1. The number of halogens is 2. The van der Waals surface area contributed by atoms with Crippen molar-refractivity contribution in [1.29, 1.82) is 0 Å². The van der Waals surface area contributed by atoms with Gasteiger partial charge in [-0.3, -0.25) is 19.3 Å². The molecule has 4 rings (SSSR count). The van der Waals surface area contributed by atoms with Crippen LogP contribution in [0.3, 0.4) is 0 Å². The smallest absolute Gasteiger partial charge is 0.339 e. The zero-order valence-corrected chi connectivity index (χ0v) is 23.6. The highest BCUT2D eigenvalue weighted by molar-refractivity contribution is 8.18. The van der Waals surface area contributed by atoms with Crippen molar-refractivity contribution >= 4 is 73.9 Å². The predicted molar refractivity (Wildman–Crippen MR) is 150 cm³/mol. The number of thioether (sulfide) groups is 1. The second-order valence-corrected chi connectivity index (χ2v) is 11.5. The molecule has 0 bridgehead atoms. The van der Waals surface area contributed by atoms with E-state index >= 15 is 0 Å². The third kappa shape index (κ3) is 6.74. The maximum atomic E-state index is 13.0. The number of nitrogens with zero attached hydrogens (tertiary/aromatic N) is 1. The number of anilines is 1. The first-order valence-corrected chi connectivity index (χ1v) is 14.1. The number of amides is 3. The van der Waals surface area contributed by atoms with Crippen molar-refractivity contribution in [2.45, 2.75) is 18.4 Å². The van der Waals surface area contributed by atoms with Gasteiger partial charge in [0.15, 0.2) is 11.5 Å². The lowest BCUT2D eigenvalue weighted by molar-refractivity contribution is -0.123. The summed E-state index contributed by atoms with van der Waals surface area (Å²) in [4.78, 5) is 37.8. The lowest BCUT2D eigenvalue weighted by atomic mass is 10.1. The summed E-state index contributed by atoms with van der Waals surface area (Å²) in [6, 6.07) is 14.7. The largest absolute Gasteiger partial charge is 0.493 e. The molecule has 1 N–H and O–H groups in total. The second kappa shape index (κ2) is 11.7. The van der Waals surface area contributed by atoms with Gasteiger partial charge in [-0.1, -0.05) is 35.3 Å². The van der Waals surface area contributed by atoms with E-state index in [1.54, 1.807) is 18.2 Å². The highest BCUT2D eigenvalue weighted by Crippen LogP contribution is 2.37. The van der Waals surface area contributed by atoms with Crippen molar-refractivity contribution in [3.63, 3.8) is 0 Å². The van der Waals surface area contributed by atoms with Crippen molar-refractivity contribution in [1.82, 2.24) is 4.90 Å². The van der Waals surface area contributed by atoms with Crippen LogP contribution in [-0.2, 0) is 26.3 Å². The van der Waals surface area contributed by atoms with Gasteiger partial charge >= 0.3 is 10.1 Å². The number of ether oxygens (including phenoxy) is 1. The molecule has 13 heteroatoms. The first kappa shape index (κ1) is 28.5. The van der Waals surface area contributed by atoms with Crippen molar-refractivity contribution in [3.05, 3.63) is 86.7 Å². The molecule has 1 aliphatic rings. The summed E-state index contributed by atoms with van der Waals surface area (Å²) in [6.07, 6.45) is 1.45. The minimum atomic E-state index is -4.28. The van der Waals surface area contributed by atoms with E-state index in [2.05, 4.69) is 5.32 Å². The molecule has 0 unspecified atom stereocenters. The Hall–Kier alpha value is -3.51. The molecule has 0 spiro atoms. The molecule has 0 saturated carbocycles. The van der Waals surface area contributed by atoms with E-state index in [4.69, 9.17) is 32.1 Å². The number of benzene rings is 3. The van der Waals surface area contributed by atoms with E-state index in [1.807, 2.05) is 0 Å². The van der Waals surface area contributed by atoms with Crippen molar-refractivity contribution < 1.29 is 31.7 Å². The van der Waals surface area contributed by atoms with Crippen LogP contribution in [0.2, 0.25) is 10.0 Å². The van der Waals surface area contributed by atoms with Crippen LogP contribution in [0.1, 0.15) is 18.1 Å². The summed E-state index contributed by atoms with van der Waals surface area (Å²) >= 11 is 12.9. The Morgan fingerprint density at radius 2 is 1.74 bits per heavy atom. The first-order chi connectivity index (χ1) is 18.5. The molecular weight excluding hydrogens is 587 g/mol. The normalized spacial score (nSPS) is 14.6. The maximum absolute atomic E-state index is 13.0. The molecular formula is C26H20Cl2N2O7S2. The summed E-state index contributed by atoms with van der Waals surface area (Å²) in [6.45, 7) is 1.30. The number of hydrogen-bond donors (Lipinski definition) is 1. The monoisotopic (exact) mass is 606 g/mol. The summed E-state index contributed by atoms with van der Waals surface area (Å²) in [5, 5.41) is 2.83. The van der Waals surface area contributed by atoms with Crippen molar-refractivity contribution in [3.8, 4) is 11.5 Å². The number of methoxy groups -OCH3 is 1. The number of carbonyl (C=O) groups is 3. The Morgan fingerprint density at radius 3 is 2.38 bits per heavy atom. The molecule has 1 saturated heterocycles. The molecule has 3 amide bonds. The highest BCUT2D eigenvalue weighted by Gasteiger charge is 2.35. The second-order valence-electron chi connectivity index (χ2n) is 8.16.